The summed E-state index contributed by atoms with van der Waals surface area (Å²) in [6.07, 6.45) is 1.13. The summed E-state index contributed by atoms with van der Waals surface area (Å²) >= 11 is 1.48. The van der Waals surface area contributed by atoms with E-state index in [0.29, 0.717) is 17.7 Å². The number of halogens is 3. The molecule has 1 unspecified atom stereocenters. The highest BCUT2D eigenvalue weighted by atomic mass is 32.1. The molecule has 0 aliphatic heterocycles. The van der Waals surface area contributed by atoms with Gasteiger partial charge in [-0.1, -0.05) is 24.3 Å². The molecule has 1 amide bonds. The van der Waals surface area contributed by atoms with Crippen LogP contribution in [0.3, 0.4) is 0 Å². The van der Waals surface area contributed by atoms with E-state index in [1.165, 1.54) is 23.5 Å². The highest BCUT2D eigenvalue weighted by Crippen LogP contribution is 2.35. The Hall–Kier alpha value is -3.13. The number of nitrogens with one attached hydrogen (secondary N) is 2. The van der Waals surface area contributed by atoms with Crippen molar-refractivity contribution in [1.82, 2.24) is 4.98 Å². The number of thiazole rings is 1. The molecule has 0 fully saturated rings. The minimum Gasteiger partial charge on any atom is -0.378 e. The molecule has 0 saturated heterocycles. The molecule has 3 aromatic rings. The quantitative estimate of drug-likeness (QED) is 0.581. The van der Waals surface area contributed by atoms with E-state index in [-0.39, 0.29) is 11.6 Å². The first kappa shape index (κ1) is 19.2. The van der Waals surface area contributed by atoms with Gasteiger partial charge >= 0.3 is 6.18 Å². The number of hydrogen-bond acceptors (Lipinski definition) is 4. The van der Waals surface area contributed by atoms with Gasteiger partial charge in [0.15, 0.2) is 0 Å². The molecule has 1 atom stereocenters. The lowest BCUT2D eigenvalue weighted by molar-refractivity contribution is -0.137. The van der Waals surface area contributed by atoms with Crippen molar-refractivity contribution >= 4 is 38.8 Å². The first-order chi connectivity index (χ1) is 13.9. The fraction of sp³-hybridized carbons (Fsp3) is 0.143. The molecule has 2 aromatic carbocycles. The van der Waals surface area contributed by atoms with Crippen LogP contribution in [-0.2, 0) is 11.0 Å². The van der Waals surface area contributed by atoms with Crippen LogP contribution in [0.5, 0.6) is 0 Å². The molecule has 2 N–H and O–H groups in total. The predicted molar refractivity (Wildman–Crippen MR) is 109 cm³/mol. The van der Waals surface area contributed by atoms with Crippen LogP contribution in [0.4, 0.5) is 24.5 Å². The highest BCUT2D eigenvalue weighted by Gasteiger charge is 2.33. The second kappa shape index (κ2) is 7.71. The Balaban J connectivity index is 1.50. The van der Waals surface area contributed by atoms with Crippen molar-refractivity contribution in [3.63, 3.8) is 0 Å². The second-order valence-corrected chi connectivity index (χ2v) is 7.43. The van der Waals surface area contributed by atoms with Gasteiger partial charge in [-0.15, -0.1) is 11.3 Å². The third-order valence-corrected chi connectivity index (χ3v) is 5.28. The summed E-state index contributed by atoms with van der Waals surface area (Å²) in [6.45, 7) is 0. The second-order valence-electron chi connectivity index (χ2n) is 6.54. The summed E-state index contributed by atoms with van der Waals surface area (Å²) in [5.74, 6) is -0.319. The van der Waals surface area contributed by atoms with E-state index in [0.717, 1.165) is 16.3 Å². The first-order valence-electron chi connectivity index (χ1n) is 8.86. The third kappa shape index (κ3) is 4.32. The normalized spacial score (nSPS) is 16.5. The Labute approximate surface area is 168 Å². The maximum atomic E-state index is 13.2. The van der Waals surface area contributed by atoms with Gasteiger partial charge in [0.05, 0.1) is 21.3 Å². The van der Waals surface area contributed by atoms with Crippen LogP contribution in [0, 0.1) is 0 Å². The molecule has 29 heavy (non-hydrogen) atoms. The molecule has 1 heterocycles. The van der Waals surface area contributed by atoms with Gasteiger partial charge in [0.2, 0.25) is 0 Å². The summed E-state index contributed by atoms with van der Waals surface area (Å²) in [6, 6.07) is 10.3. The Morgan fingerprint density at radius 2 is 2.00 bits per heavy atom. The zero-order valence-electron chi connectivity index (χ0n) is 15.0. The molecule has 0 radical (unpaired) electrons. The number of nitrogens with zero attached hydrogens (tertiary/aromatic N) is 1. The molecule has 0 spiro atoms. The zero-order valence-corrected chi connectivity index (χ0v) is 15.8. The van der Waals surface area contributed by atoms with Crippen molar-refractivity contribution in [2.45, 2.75) is 18.6 Å². The molecule has 148 valence electrons. The topological polar surface area (TPSA) is 54.0 Å². The molecule has 1 aliphatic rings. The fourth-order valence-corrected chi connectivity index (χ4v) is 3.84. The van der Waals surface area contributed by atoms with Crippen molar-refractivity contribution in [3.8, 4) is 0 Å². The maximum absolute atomic E-state index is 13.2. The molecular weight excluding hydrogens is 399 g/mol. The molecule has 8 heteroatoms. The highest BCUT2D eigenvalue weighted by molar-refractivity contribution is 7.16. The number of benzene rings is 2. The van der Waals surface area contributed by atoms with Gasteiger partial charge < -0.3 is 10.6 Å². The van der Waals surface area contributed by atoms with Crippen LogP contribution < -0.4 is 10.6 Å². The average molecular weight is 415 g/mol. The Morgan fingerprint density at radius 1 is 1.17 bits per heavy atom. The summed E-state index contributed by atoms with van der Waals surface area (Å²) < 4.78 is 40.6. The Bertz CT molecular complexity index is 1120. The molecular formula is C21H16F3N3OS. The standard InChI is InChI=1S/C21H16F3N3OS/c22-21(23,24)16-6-1-2-7-17(16)26-14-5-3-4-13(10-14)20(28)27-15-8-9-18-19(11-15)29-12-25-18/h1-4,6-12,14,26H,5H2,(H,27,28). The van der Waals surface area contributed by atoms with Crippen LogP contribution in [0.25, 0.3) is 10.2 Å². The van der Waals surface area contributed by atoms with E-state index in [2.05, 4.69) is 15.6 Å². The summed E-state index contributed by atoms with van der Waals surface area (Å²) in [7, 11) is 0. The van der Waals surface area contributed by atoms with Crippen LogP contribution >= 0.6 is 11.3 Å². The summed E-state index contributed by atoms with van der Waals surface area (Å²) in [5.41, 5.74) is 2.88. The summed E-state index contributed by atoms with van der Waals surface area (Å²) in [5, 5.41) is 5.72. The lowest BCUT2D eigenvalue weighted by Gasteiger charge is -2.22. The maximum Gasteiger partial charge on any atom is 0.418 e. The molecule has 1 aliphatic carbocycles. The van der Waals surface area contributed by atoms with Gasteiger partial charge in [0.1, 0.15) is 0 Å². The van der Waals surface area contributed by atoms with Crippen molar-refractivity contribution in [2.75, 3.05) is 10.6 Å². The van der Waals surface area contributed by atoms with E-state index in [4.69, 9.17) is 0 Å². The van der Waals surface area contributed by atoms with Crippen LogP contribution in [0.15, 0.2) is 71.8 Å². The number of carbonyl (C=O) groups is 1. The number of hydrogen-bond donors (Lipinski definition) is 2. The number of amides is 1. The van der Waals surface area contributed by atoms with Crippen molar-refractivity contribution in [3.05, 3.63) is 77.3 Å². The van der Waals surface area contributed by atoms with Crippen molar-refractivity contribution in [1.29, 1.82) is 0 Å². The molecule has 4 nitrogen and oxygen atoms in total. The first-order valence-corrected chi connectivity index (χ1v) is 9.74. The summed E-state index contributed by atoms with van der Waals surface area (Å²) in [4.78, 5) is 16.8. The zero-order chi connectivity index (χ0) is 20.4. The minimum absolute atomic E-state index is 0.00745. The van der Waals surface area contributed by atoms with E-state index >= 15 is 0 Å². The smallest absolute Gasteiger partial charge is 0.378 e. The van der Waals surface area contributed by atoms with Crippen molar-refractivity contribution < 1.29 is 18.0 Å². The molecule has 0 bridgehead atoms. The van der Waals surface area contributed by atoms with Gasteiger partial charge in [-0.3, -0.25) is 4.79 Å². The number of alkyl halides is 3. The molecule has 0 saturated carbocycles. The Kier molecular flexibility index (Phi) is 5.10. The van der Waals surface area contributed by atoms with Crippen LogP contribution in [-0.4, -0.2) is 16.9 Å². The molecule has 4 rings (SSSR count). The lowest BCUT2D eigenvalue weighted by atomic mass is 10.0. The third-order valence-electron chi connectivity index (χ3n) is 4.49. The number of carbonyl (C=O) groups excluding carboxylic acids is 1. The number of rotatable bonds is 4. The number of para-hydroxylation sites is 1. The number of aromatic nitrogens is 1. The van der Waals surface area contributed by atoms with Gasteiger partial charge in [0.25, 0.3) is 5.91 Å². The number of fused-ring (bicyclic) bond motifs is 1. The average Bonchev–Trinajstić information content (AvgIpc) is 3.15. The van der Waals surface area contributed by atoms with Crippen LogP contribution in [0.2, 0.25) is 0 Å². The van der Waals surface area contributed by atoms with E-state index < -0.39 is 17.8 Å². The van der Waals surface area contributed by atoms with Crippen molar-refractivity contribution in [2.24, 2.45) is 0 Å². The Morgan fingerprint density at radius 3 is 2.83 bits per heavy atom. The largest absolute Gasteiger partial charge is 0.418 e. The van der Waals surface area contributed by atoms with Gasteiger partial charge in [-0.25, -0.2) is 4.98 Å². The monoisotopic (exact) mass is 415 g/mol. The lowest BCUT2D eigenvalue weighted by Crippen LogP contribution is -2.24. The van der Waals surface area contributed by atoms with E-state index in [1.54, 1.807) is 35.9 Å². The predicted octanol–water partition coefficient (Wildman–Crippen LogP) is 5.62. The van der Waals surface area contributed by atoms with E-state index in [9.17, 15) is 18.0 Å². The van der Waals surface area contributed by atoms with Gasteiger partial charge in [-0.2, -0.15) is 13.2 Å². The van der Waals surface area contributed by atoms with Crippen LogP contribution in [0.1, 0.15) is 12.0 Å². The minimum atomic E-state index is -4.45. The number of anilines is 2. The SMILES string of the molecule is O=C(Nc1ccc2ncsc2c1)C1=CC(Nc2ccccc2C(F)(F)F)CC=C1. The molecule has 1 aromatic heterocycles. The van der Waals surface area contributed by atoms with Gasteiger partial charge in [-0.05, 0) is 42.8 Å². The van der Waals surface area contributed by atoms with E-state index in [1.807, 2.05) is 12.1 Å². The van der Waals surface area contributed by atoms with Gasteiger partial charge in [0, 0.05) is 23.0 Å². The fourth-order valence-electron chi connectivity index (χ4n) is 3.13.